The van der Waals surface area contributed by atoms with E-state index in [0.29, 0.717) is 30.2 Å². The summed E-state index contributed by atoms with van der Waals surface area (Å²) in [5, 5.41) is 3.25. The van der Waals surface area contributed by atoms with Crippen molar-refractivity contribution in [3.05, 3.63) is 83.8 Å². The molecule has 1 aliphatic heterocycles. The lowest BCUT2D eigenvalue weighted by molar-refractivity contribution is 0.0761. The molecular weight excluding hydrogens is 407 g/mol. The number of rotatable bonds is 6. The Hall–Kier alpha value is -3.45. The molecule has 3 aromatic rings. The van der Waals surface area contributed by atoms with Crippen molar-refractivity contribution in [1.82, 2.24) is 14.8 Å². The van der Waals surface area contributed by atoms with Gasteiger partial charge in [0.05, 0.1) is 18.4 Å². The van der Waals surface area contributed by atoms with E-state index in [0.717, 1.165) is 37.3 Å². The van der Waals surface area contributed by atoms with Gasteiger partial charge in [0.2, 0.25) is 0 Å². The maximum atomic E-state index is 13.4. The molecule has 1 aliphatic rings. The molecule has 1 saturated heterocycles. The Morgan fingerprint density at radius 2 is 1.84 bits per heavy atom. The molecule has 0 aliphatic carbocycles. The first-order valence-electron chi connectivity index (χ1n) is 10.7. The van der Waals surface area contributed by atoms with Crippen LogP contribution < -0.4 is 10.1 Å². The van der Waals surface area contributed by atoms with Gasteiger partial charge in [0.15, 0.2) is 0 Å². The highest BCUT2D eigenvalue weighted by molar-refractivity contribution is 5.99. The Morgan fingerprint density at radius 1 is 1.03 bits per heavy atom. The molecule has 0 unspecified atom stereocenters. The van der Waals surface area contributed by atoms with Crippen molar-refractivity contribution in [3.8, 4) is 5.75 Å². The summed E-state index contributed by atoms with van der Waals surface area (Å²) < 4.78 is 18.6. The smallest absolute Gasteiger partial charge is 0.257 e. The average Bonchev–Trinajstić information content (AvgIpc) is 3.06. The molecule has 6 nitrogen and oxygen atoms in total. The molecule has 1 N–H and O–H groups in total. The monoisotopic (exact) mass is 434 g/mol. The summed E-state index contributed by atoms with van der Waals surface area (Å²) in [5.41, 5.74) is 2.36. The second kappa shape index (κ2) is 10.2. The van der Waals surface area contributed by atoms with Crippen LogP contribution in [0.2, 0.25) is 0 Å². The lowest BCUT2D eigenvalue weighted by Crippen LogP contribution is -2.35. The number of anilines is 2. The minimum atomic E-state index is -0.226. The number of hydrogen-bond acceptors (Lipinski definition) is 5. The average molecular weight is 435 g/mol. The van der Waals surface area contributed by atoms with E-state index in [9.17, 15) is 9.18 Å². The van der Waals surface area contributed by atoms with Crippen molar-refractivity contribution in [2.24, 2.45) is 0 Å². The Bertz CT molecular complexity index is 1060. The van der Waals surface area contributed by atoms with Gasteiger partial charge < -0.3 is 15.0 Å². The number of ether oxygens (including phenoxy) is 1. The fraction of sp³-hybridized carbons (Fsp3) is 0.280. The molecular formula is C25H27FN4O2. The normalized spacial score (nSPS) is 14.6. The number of nitrogens with one attached hydrogen (secondary N) is 1. The van der Waals surface area contributed by atoms with E-state index >= 15 is 0 Å². The zero-order valence-electron chi connectivity index (χ0n) is 18.1. The van der Waals surface area contributed by atoms with Crippen LogP contribution in [-0.4, -0.2) is 54.0 Å². The highest BCUT2D eigenvalue weighted by Crippen LogP contribution is 2.28. The first-order chi connectivity index (χ1) is 15.6. The van der Waals surface area contributed by atoms with Gasteiger partial charge in [-0.25, -0.2) is 9.37 Å². The third kappa shape index (κ3) is 5.23. The number of amides is 1. The summed E-state index contributed by atoms with van der Waals surface area (Å²) in [6.07, 6.45) is 2.55. The lowest BCUT2D eigenvalue weighted by Gasteiger charge is -2.23. The Morgan fingerprint density at radius 3 is 2.66 bits per heavy atom. The van der Waals surface area contributed by atoms with Crippen LogP contribution in [0.15, 0.2) is 66.9 Å². The summed E-state index contributed by atoms with van der Waals surface area (Å²) in [5.74, 6) is 0.923. The van der Waals surface area contributed by atoms with Crippen molar-refractivity contribution in [3.63, 3.8) is 0 Å². The SMILES string of the molecule is COc1ccccc1Nc1ncccc1C(=O)N1CCCN(Cc2ccc(F)cc2)CC1. The van der Waals surface area contributed by atoms with Crippen molar-refractivity contribution < 1.29 is 13.9 Å². The maximum Gasteiger partial charge on any atom is 0.257 e. The lowest BCUT2D eigenvalue weighted by atomic mass is 10.2. The van der Waals surface area contributed by atoms with Gasteiger partial charge in [-0.15, -0.1) is 0 Å². The van der Waals surface area contributed by atoms with Crippen molar-refractivity contribution >= 4 is 17.4 Å². The van der Waals surface area contributed by atoms with E-state index in [1.165, 1.54) is 12.1 Å². The molecule has 0 bridgehead atoms. The minimum Gasteiger partial charge on any atom is -0.495 e. The zero-order valence-corrected chi connectivity index (χ0v) is 18.1. The molecule has 0 radical (unpaired) electrons. The third-order valence-electron chi connectivity index (χ3n) is 5.59. The van der Waals surface area contributed by atoms with Gasteiger partial charge in [-0.3, -0.25) is 9.69 Å². The number of halogens is 1. The van der Waals surface area contributed by atoms with Gasteiger partial charge in [-0.2, -0.15) is 0 Å². The summed E-state index contributed by atoms with van der Waals surface area (Å²) in [6.45, 7) is 3.71. The van der Waals surface area contributed by atoms with Crippen LogP contribution in [0.1, 0.15) is 22.3 Å². The first-order valence-corrected chi connectivity index (χ1v) is 10.7. The second-order valence-electron chi connectivity index (χ2n) is 7.77. The zero-order chi connectivity index (χ0) is 22.3. The number of para-hydroxylation sites is 2. The van der Waals surface area contributed by atoms with Crippen LogP contribution in [0.4, 0.5) is 15.9 Å². The molecule has 4 rings (SSSR count). The van der Waals surface area contributed by atoms with Gasteiger partial charge in [0.25, 0.3) is 5.91 Å². The van der Waals surface area contributed by atoms with Crippen LogP contribution in [0.5, 0.6) is 5.75 Å². The Balaban J connectivity index is 1.45. The van der Waals surface area contributed by atoms with E-state index in [1.54, 1.807) is 25.4 Å². The van der Waals surface area contributed by atoms with Crippen LogP contribution in [0.25, 0.3) is 0 Å². The fourth-order valence-electron chi connectivity index (χ4n) is 3.90. The maximum absolute atomic E-state index is 13.4. The number of hydrogen-bond donors (Lipinski definition) is 1. The summed E-state index contributed by atoms with van der Waals surface area (Å²) >= 11 is 0. The van der Waals surface area contributed by atoms with Gasteiger partial charge in [0, 0.05) is 38.9 Å². The van der Waals surface area contributed by atoms with Gasteiger partial charge >= 0.3 is 0 Å². The number of pyridine rings is 1. The molecule has 166 valence electrons. The topological polar surface area (TPSA) is 57.7 Å². The number of carbonyl (C=O) groups excluding carboxylic acids is 1. The molecule has 2 aromatic carbocycles. The van der Waals surface area contributed by atoms with Crippen LogP contribution >= 0.6 is 0 Å². The van der Waals surface area contributed by atoms with Crippen molar-refractivity contribution in [2.75, 3.05) is 38.6 Å². The van der Waals surface area contributed by atoms with Crippen molar-refractivity contribution in [1.29, 1.82) is 0 Å². The highest BCUT2D eigenvalue weighted by atomic mass is 19.1. The van der Waals surface area contributed by atoms with E-state index in [4.69, 9.17) is 4.74 Å². The number of nitrogens with zero attached hydrogens (tertiary/aromatic N) is 3. The number of benzene rings is 2. The van der Waals surface area contributed by atoms with E-state index in [1.807, 2.05) is 41.3 Å². The van der Waals surface area contributed by atoms with Gasteiger partial charge in [0.1, 0.15) is 17.4 Å². The summed E-state index contributed by atoms with van der Waals surface area (Å²) in [7, 11) is 1.61. The van der Waals surface area contributed by atoms with Crippen LogP contribution in [-0.2, 0) is 6.54 Å². The van der Waals surface area contributed by atoms with Crippen LogP contribution in [0.3, 0.4) is 0 Å². The fourth-order valence-corrected chi connectivity index (χ4v) is 3.90. The minimum absolute atomic E-state index is 0.0425. The summed E-state index contributed by atoms with van der Waals surface area (Å²) in [6, 6.07) is 17.7. The largest absolute Gasteiger partial charge is 0.495 e. The predicted octanol–water partition coefficient (Wildman–Crippen LogP) is 4.32. The summed E-state index contributed by atoms with van der Waals surface area (Å²) in [4.78, 5) is 22.0. The van der Waals surface area contributed by atoms with E-state index in [-0.39, 0.29) is 11.7 Å². The number of aromatic nitrogens is 1. The third-order valence-corrected chi connectivity index (χ3v) is 5.59. The molecule has 0 saturated carbocycles. The Labute approximate surface area is 187 Å². The highest BCUT2D eigenvalue weighted by Gasteiger charge is 2.23. The number of carbonyl (C=O) groups is 1. The molecule has 0 spiro atoms. The molecule has 1 fully saturated rings. The predicted molar refractivity (Wildman–Crippen MR) is 123 cm³/mol. The van der Waals surface area contributed by atoms with E-state index in [2.05, 4.69) is 15.2 Å². The quantitative estimate of drug-likeness (QED) is 0.626. The molecule has 2 heterocycles. The van der Waals surface area contributed by atoms with Crippen LogP contribution in [0, 0.1) is 5.82 Å². The Kier molecular flexibility index (Phi) is 6.97. The van der Waals surface area contributed by atoms with Gasteiger partial charge in [-0.1, -0.05) is 24.3 Å². The first kappa shape index (κ1) is 21.8. The van der Waals surface area contributed by atoms with Crippen molar-refractivity contribution in [2.45, 2.75) is 13.0 Å². The van der Waals surface area contributed by atoms with Gasteiger partial charge in [-0.05, 0) is 48.4 Å². The molecule has 1 amide bonds. The molecule has 1 aromatic heterocycles. The standard InChI is InChI=1S/C25H27FN4O2/c1-32-23-8-3-2-7-22(23)28-24-21(6-4-13-27-24)25(31)30-15-5-14-29(16-17-30)18-19-9-11-20(26)12-10-19/h2-4,6-13H,5,14-18H2,1H3,(H,27,28). The molecule has 32 heavy (non-hydrogen) atoms. The second-order valence-corrected chi connectivity index (χ2v) is 7.77. The van der Waals surface area contributed by atoms with E-state index < -0.39 is 0 Å². The number of methoxy groups -OCH3 is 1. The molecule has 0 atom stereocenters. The molecule has 7 heteroatoms.